The Bertz CT molecular complexity index is 596. The van der Waals surface area contributed by atoms with Crippen LogP contribution < -0.4 is 11.5 Å². The second-order valence-electron chi connectivity index (χ2n) is 3.76. The summed E-state index contributed by atoms with van der Waals surface area (Å²) in [5.41, 5.74) is 12.2. The van der Waals surface area contributed by atoms with Crippen molar-refractivity contribution in [2.24, 2.45) is 16.5 Å². The minimum absolute atomic E-state index is 0.213. The molecule has 0 atom stereocenters. The Balaban J connectivity index is 2.39. The smallest absolute Gasteiger partial charge is 0.300 e. The van der Waals surface area contributed by atoms with Gasteiger partial charge in [-0.05, 0) is 25.1 Å². The van der Waals surface area contributed by atoms with Gasteiger partial charge in [-0.3, -0.25) is 4.79 Å². The number of aromatic nitrogens is 2. The highest BCUT2D eigenvalue weighted by Crippen LogP contribution is 2.12. The molecule has 0 aliphatic carbocycles. The predicted molar refractivity (Wildman–Crippen MR) is 68.4 cm³/mol. The van der Waals surface area contributed by atoms with Crippen molar-refractivity contribution in [2.75, 3.05) is 0 Å². The maximum Gasteiger partial charge on any atom is 0.300 e. The monoisotopic (exact) mass is 243 g/mol. The first kappa shape index (κ1) is 11.8. The highest BCUT2D eigenvalue weighted by molar-refractivity contribution is 6.00. The fourth-order valence-electron chi connectivity index (χ4n) is 1.58. The summed E-state index contributed by atoms with van der Waals surface area (Å²) >= 11 is 0. The molecule has 1 heterocycles. The standard InChI is InChI=1S/C12H13N5O/c1-8-7-10(11(18)15-12(13)14)16-17(8)9-5-3-2-4-6-9/h2-7H,1H3,(H4,13,14,15,18). The molecule has 1 aromatic heterocycles. The van der Waals surface area contributed by atoms with Crippen LogP contribution in [0.4, 0.5) is 0 Å². The molecule has 2 rings (SSSR count). The van der Waals surface area contributed by atoms with Gasteiger partial charge >= 0.3 is 5.91 Å². The second kappa shape index (κ2) is 4.70. The number of rotatable bonds is 2. The van der Waals surface area contributed by atoms with Gasteiger partial charge in [-0.25, -0.2) is 4.68 Å². The Labute approximate surface area is 104 Å². The number of guanidine groups is 1. The van der Waals surface area contributed by atoms with Crippen molar-refractivity contribution in [3.8, 4) is 5.69 Å². The Morgan fingerprint density at radius 1 is 1.28 bits per heavy atom. The molecule has 1 amide bonds. The van der Waals surface area contributed by atoms with Gasteiger partial charge in [0.1, 0.15) is 0 Å². The number of aliphatic imine (C=N–C) groups is 1. The molecule has 0 aliphatic rings. The van der Waals surface area contributed by atoms with Crippen LogP contribution in [-0.2, 0) is 0 Å². The van der Waals surface area contributed by atoms with Crippen LogP contribution in [0.15, 0.2) is 41.4 Å². The van der Waals surface area contributed by atoms with Crippen molar-refractivity contribution < 1.29 is 4.79 Å². The van der Waals surface area contributed by atoms with Crippen LogP contribution in [0.1, 0.15) is 16.2 Å². The Hall–Kier alpha value is -2.63. The number of carbonyl (C=O) groups excluding carboxylic acids is 1. The van der Waals surface area contributed by atoms with E-state index in [0.717, 1.165) is 11.4 Å². The maximum atomic E-state index is 11.6. The van der Waals surface area contributed by atoms with E-state index in [4.69, 9.17) is 11.5 Å². The van der Waals surface area contributed by atoms with E-state index >= 15 is 0 Å². The molecular weight excluding hydrogens is 230 g/mol. The summed E-state index contributed by atoms with van der Waals surface area (Å²) in [7, 11) is 0. The molecule has 18 heavy (non-hydrogen) atoms. The topological polar surface area (TPSA) is 99.3 Å². The molecule has 92 valence electrons. The zero-order valence-corrected chi connectivity index (χ0v) is 9.87. The van der Waals surface area contributed by atoms with Crippen LogP contribution >= 0.6 is 0 Å². The Kier molecular flexibility index (Phi) is 3.09. The lowest BCUT2D eigenvalue weighted by molar-refractivity contribution is 0.0997. The lowest BCUT2D eigenvalue weighted by Crippen LogP contribution is -2.24. The fourth-order valence-corrected chi connectivity index (χ4v) is 1.58. The molecule has 0 unspecified atom stereocenters. The fraction of sp³-hybridized carbons (Fsp3) is 0.0833. The molecule has 1 aromatic carbocycles. The van der Waals surface area contributed by atoms with Gasteiger partial charge in [-0.15, -0.1) is 0 Å². The zero-order chi connectivity index (χ0) is 13.1. The van der Waals surface area contributed by atoms with Crippen molar-refractivity contribution >= 4 is 11.9 Å². The van der Waals surface area contributed by atoms with E-state index in [-0.39, 0.29) is 11.7 Å². The lowest BCUT2D eigenvalue weighted by Gasteiger charge is -2.02. The van der Waals surface area contributed by atoms with Gasteiger partial charge < -0.3 is 11.5 Å². The van der Waals surface area contributed by atoms with Crippen LogP contribution in [0.3, 0.4) is 0 Å². The van der Waals surface area contributed by atoms with E-state index in [2.05, 4.69) is 10.1 Å². The van der Waals surface area contributed by atoms with E-state index in [0.29, 0.717) is 0 Å². The van der Waals surface area contributed by atoms with E-state index in [1.807, 2.05) is 37.3 Å². The number of aryl methyl sites for hydroxylation is 1. The van der Waals surface area contributed by atoms with Crippen molar-refractivity contribution in [3.63, 3.8) is 0 Å². The summed E-state index contributed by atoms with van der Waals surface area (Å²) in [6.45, 7) is 1.85. The van der Waals surface area contributed by atoms with Gasteiger partial charge in [-0.2, -0.15) is 10.1 Å². The minimum Gasteiger partial charge on any atom is -0.370 e. The highest BCUT2D eigenvalue weighted by atomic mass is 16.1. The number of hydrogen-bond donors (Lipinski definition) is 2. The van der Waals surface area contributed by atoms with Gasteiger partial charge in [0.15, 0.2) is 11.7 Å². The molecule has 0 fully saturated rings. The number of nitrogens with zero attached hydrogens (tertiary/aromatic N) is 3. The Morgan fingerprint density at radius 3 is 2.56 bits per heavy atom. The van der Waals surface area contributed by atoms with E-state index in [1.54, 1.807) is 10.7 Å². The molecule has 0 bridgehead atoms. The van der Waals surface area contributed by atoms with Gasteiger partial charge in [-0.1, -0.05) is 18.2 Å². The molecule has 0 saturated carbocycles. The first-order chi connectivity index (χ1) is 8.58. The average Bonchev–Trinajstić information content (AvgIpc) is 2.72. The first-order valence-electron chi connectivity index (χ1n) is 5.34. The number of nitrogens with two attached hydrogens (primary N) is 2. The third-order valence-corrected chi connectivity index (χ3v) is 2.34. The predicted octanol–water partition coefficient (Wildman–Crippen LogP) is 0.594. The summed E-state index contributed by atoms with van der Waals surface area (Å²) in [5.74, 6) is -0.820. The lowest BCUT2D eigenvalue weighted by atomic mass is 10.3. The second-order valence-corrected chi connectivity index (χ2v) is 3.76. The number of para-hydroxylation sites is 1. The van der Waals surface area contributed by atoms with E-state index in [9.17, 15) is 4.79 Å². The third kappa shape index (κ3) is 2.37. The molecular formula is C12H13N5O. The summed E-state index contributed by atoms with van der Waals surface area (Å²) < 4.78 is 1.66. The third-order valence-electron chi connectivity index (χ3n) is 2.34. The first-order valence-corrected chi connectivity index (χ1v) is 5.34. The molecule has 0 radical (unpaired) electrons. The van der Waals surface area contributed by atoms with Crippen LogP contribution in [0.5, 0.6) is 0 Å². The zero-order valence-electron chi connectivity index (χ0n) is 9.87. The molecule has 0 spiro atoms. The van der Waals surface area contributed by atoms with E-state index < -0.39 is 5.91 Å². The van der Waals surface area contributed by atoms with Crippen LogP contribution in [0.2, 0.25) is 0 Å². The van der Waals surface area contributed by atoms with Crippen LogP contribution in [0.25, 0.3) is 5.69 Å². The normalized spacial score (nSPS) is 10.1. The minimum atomic E-state index is -0.548. The average molecular weight is 243 g/mol. The van der Waals surface area contributed by atoms with Gasteiger partial charge in [0, 0.05) is 5.69 Å². The quantitative estimate of drug-likeness (QED) is 0.595. The van der Waals surface area contributed by atoms with Crippen molar-refractivity contribution in [1.29, 1.82) is 0 Å². The summed E-state index contributed by atoms with van der Waals surface area (Å²) in [5, 5.41) is 4.18. The largest absolute Gasteiger partial charge is 0.370 e. The highest BCUT2D eigenvalue weighted by Gasteiger charge is 2.12. The number of carbonyl (C=O) groups is 1. The number of hydrogen-bond acceptors (Lipinski definition) is 2. The van der Waals surface area contributed by atoms with Gasteiger partial charge in [0.25, 0.3) is 0 Å². The maximum absolute atomic E-state index is 11.6. The number of benzene rings is 1. The molecule has 0 aliphatic heterocycles. The SMILES string of the molecule is Cc1cc(C(=O)N=C(N)N)nn1-c1ccccc1. The Morgan fingerprint density at radius 2 is 1.94 bits per heavy atom. The van der Waals surface area contributed by atoms with Crippen molar-refractivity contribution in [2.45, 2.75) is 6.92 Å². The molecule has 6 heteroatoms. The summed E-state index contributed by atoms with van der Waals surface area (Å²) in [4.78, 5) is 15.1. The molecule has 2 aromatic rings. The van der Waals surface area contributed by atoms with Crippen molar-refractivity contribution in [1.82, 2.24) is 9.78 Å². The summed E-state index contributed by atoms with van der Waals surface area (Å²) in [6, 6.07) is 11.1. The molecule has 4 N–H and O–H groups in total. The molecule has 0 saturated heterocycles. The molecule has 6 nitrogen and oxygen atoms in total. The number of amides is 1. The summed E-state index contributed by atoms with van der Waals surface area (Å²) in [6.07, 6.45) is 0. The van der Waals surface area contributed by atoms with Crippen LogP contribution in [0, 0.1) is 6.92 Å². The van der Waals surface area contributed by atoms with Gasteiger partial charge in [0.2, 0.25) is 0 Å². The van der Waals surface area contributed by atoms with Gasteiger partial charge in [0.05, 0.1) is 5.69 Å². The van der Waals surface area contributed by atoms with Crippen LogP contribution in [-0.4, -0.2) is 21.6 Å². The van der Waals surface area contributed by atoms with Crippen molar-refractivity contribution in [3.05, 3.63) is 47.8 Å². The van der Waals surface area contributed by atoms with E-state index in [1.165, 1.54) is 0 Å².